The third kappa shape index (κ3) is 7.36. The third-order valence-electron chi connectivity index (χ3n) is 14.3. The summed E-state index contributed by atoms with van der Waals surface area (Å²) >= 11 is 0. The van der Waals surface area contributed by atoms with Crippen LogP contribution < -0.4 is 10.6 Å². The minimum absolute atomic E-state index is 0.0450. The number of aromatic nitrogens is 4. The van der Waals surface area contributed by atoms with Gasteiger partial charge in [-0.3, -0.25) is 9.59 Å². The Bertz CT molecular complexity index is 2540. The number of piperidine rings is 1. The van der Waals surface area contributed by atoms with Gasteiger partial charge in [-0.15, -0.1) is 0 Å². The molecule has 5 aromatic rings. The van der Waals surface area contributed by atoms with Gasteiger partial charge in [0.25, 0.3) is 0 Å². The van der Waals surface area contributed by atoms with Crippen molar-refractivity contribution in [2.45, 2.75) is 95.4 Å². The summed E-state index contributed by atoms with van der Waals surface area (Å²) in [6.07, 6.45) is 10.4. The van der Waals surface area contributed by atoms with Crippen LogP contribution in [0.15, 0.2) is 73.1 Å². The van der Waals surface area contributed by atoms with Crippen LogP contribution in [0.4, 0.5) is 9.59 Å². The number of imidazole rings is 2. The van der Waals surface area contributed by atoms with Crippen LogP contribution in [0.3, 0.4) is 0 Å². The van der Waals surface area contributed by atoms with Crippen LogP contribution in [-0.2, 0) is 19.1 Å². The molecule has 10 rings (SSSR count). The predicted octanol–water partition coefficient (Wildman–Crippen LogP) is 7.91. The SMILES string of the molecule is COC(=O)N[C@H](C(=O)N1[C@@H]2CC[C@H](C2)[C@H]1c1ncc(-c2ccc3cc(-c4ccc(-c5cnc([C@@H]6CC7(CC7)CN6C(=O)[C@@H](NC(=O)OC)C6CC6)[nH]5)cc4)ccc3c2)[nH]1)C(C)C. The van der Waals surface area contributed by atoms with Crippen LogP contribution in [0, 0.1) is 23.2 Å². The van der Waals surface area contributed by atoms with Crippen molar-refractivity contribution < 1.29 is 28.7 Å². The number of nitrogens with one attached hydrogen (secondary N) is 4. The van der Waals surface area contributed by atoms with Gasteiger partial charge in [-0.2, -0.15) is 0 Å². The lowest BCUT2D eigenvalue weighted by Crippen LogP contribution is -2.54. The lowest BCUT2D eigenvalue weighted by Gasteiger charge is -2.37. The molecule has 322 valence electrons. The van der Waals surface area contributed by atoms with E-state index < -0.39 is 24.3 Å². The number of ether oxygens (including phenoxy) is 2. The van der Waals surface area contributed by atoms with Crippen LogP contribution >= 0.6 is 0 Å². The first kappa shape index (κ1) is 39.9. The minimum atomic E-state index is -0.681. The summed E-state index contributed by atoms with van der Waals surface area (Å²) in [6, 6.07) is 19.9. The Labute approximate surface area is 360 Å². The standard InChI is InChI=1S/C48H54N8O6/c1-26(2)39(53-46(59)61-3)45(58)56-35-16-15-34(21-35)41(56)43-50-24-37(52-43)33-14-13-31-19-30(11-12-32(31)20-33)27-5-7-28(8-6-27)36-23-49-42(51-36)38-22-48(17-18-48)25-55(38)44(57)40(29-9-10-29)54-47(60)62-4/h5-8,11-14,19-20,23-24,26,29,34-35,38-41H,9-10,15-18,21-22,25H2,1-4H3,(H,49,51)(H,50,52)(H,53,59)(H,54,60)/t34-,35-,38+,39+,40+,41+/m1/s1. The molecule has 2 aliphatic heterocycles. The average molecular weight is 839 g/mol. The highest BCUT2D eigenvalue weighted by molar-refractivity contribution is 5.91. The third-order valence-corrected chi connectivity index (χ3v) is 14.3. The first-order valence-electron chi connectivity index (χ1n) is 22.1. The Kier molecular flexibility index (Phi) is 10.1. The van der Waals surface area contributed by atoms with Crippen LogP contribution in [0.1, 0.15) is 88.9 Å². The highest BCUT2D eigenvalue weighted by Gasteiger charge is 2.56. The number of fused-ring (bicyclic) bond motifs is 3. The highest BCUT2D eigenvalue weighted by atomic mass is 16.5. The molecule has 1 spiro atoms. The van der Waals surface area contributed by atoms with E-state index in [-0.39, 0.29) is 47.2 Å². The van der Waals surface area contributed by atoms with Gasteiger partial charge in [-0.05, 0) is 114 Å². The van der Waals surface area contributed by atoms with Gasteiger partial charge in [0.2, 0.25) is 11.8 Å². The topological polar surface area (TPSA) is 175 Å². The number of rotatable bonds is 11. The van der Waals surface area contributed by atoms with E-state index in [0.29, 0.717) is 12.5 Å². The van der Waals surface area contributed by atoms with Gasteiger partial charge < -0.3 is 39.9 Å². The molecule has 62 heavy (non-hydrogen) atoms. The number of hydrogen-bond donors (Lipinski definition) is 4. The van der Waals surface area contributed by atoms with Crippen molar-refractivity contribution in [1.82, 2.24) is 40.4 Å². The summed E-state index contributed by atoms with van der Waals surface area (Å²) in [5.41, 5.74) is 6.15. The summed E-state index contributed by atoms with van der Waals surface area (Å²) in [6.45, 7) is 4.55. The molecule has 2 aromatic heterocycles. The van der Waals surface area contributed by atoms with E-state index in [2.05, 4.69) is 81.3 Å². The van der Waals surface area contributed by atoms with Crippen LogP contribution in [-0.4, -0.2) is 92.6 Å². The molecule has 3 aliphatic carbocycles. The zero-order chi connectivity index (χ0) is 42.9. The van der Waals surface area contributed by atoms with Crippen molar-refractivity contribution >= 4 is 34.8 Å². The zero-order valence-corrected chi connectivity index (χ0v) is 35.6. The van der Waals surface area contributed by atoms with Gasteiger partial charge in [-0.25, -0.2) is 19.6 Å². The molecule has 2 saturated heterocycles. The summed E-state index contributed by atoms with van der Waals surface area (Å²) in [4.78, 5) is 72.9. The van der Waals surface area contributed by atoms with Crippen LogP contribution in [0.2, 0.25) is 0 Å². The number of alkyl carbamates (subject to hydrolysis) is 2. The van der Waals surface area contributed by atoms with Gasteiger partial charge in [0.15, 0.2) is 0 Å². The monoisotopic (exact) mass is 838 g/mol. The maximum absolute atomic E-state index is 14.0. The number of hydrogen-bond acceptors (Lipinski definition) is 8. The molecule has 5 aliphatic rings. The molecule has 5 fully saturated rings. The molecule has 0 unspecified atom stereocenters. The van der Waals surface area contributed by atoms with Gasteiger partial charge in [-0.1, -0.05) is 62.4 Å². The second-order valence-corrected chi connectivity index (χ2v) is 18.6. The number of H-pyrrole nitrogens is 2. The van der Waals surface area contributed by atoms with Crippen molar-refractivity contribution in [2.24, 2.45) is 23.2 Å². The molecular weight excluding hydrogens is 785 g/mol. The quantitative estimate of drug-likeness (QED) is 0.104. The van der Waals surface area contributed by atoms with Gasteiger partial charge >= 0.3 is 12.2 Å². The van der Waals surface area contributed by atoms with E-state index in [1.807, 2.05) is 36.0 Å². The molecule has 4 heterocycles. The summed E-state index contributed by atoms with van der Waals surface area (Å²) in [5.74, 6) is 1.78. The summed E-state index contributed by atoms with van der Waals surface area (Å²) in [5, 5.41) is 7.80. The molecule has 3 aromatic carbocycles. The Morgan fingerprint density at radius 3 is 2.03 bits per heavy atom. The van der Waals surface area contributed by atoms with Crippen molar-refractivity contribution in [3.05, 3.63) is 84.7 Å². The largest absolute Gasteiger partial charge is 0.453 e. The maximum atomic E-state index is 14.0. The molecule has 0 radical (unpaired) electrons. The first-order valence-corrected chi connectivity index (χ1v) is 22.1. The predicted molar refractivity (Wildman–Crippen MR) is 232 cm³/mol. The molecule has 14 heteroatoms. The Morgan fingerprint density at radius 2 is 1.35 bits per heavy atom. The summed E-state index contributed by atoms with van der Waals surface area (Å²) < 4.78 is 9.68. The van der Waals surface area contributed by atoms with E-state index in [9.17, 15) is 19.2 Å². The van der Waals surface area contributed by atoms with Crippen LogP contribution in [0.25, 0.3) is 44.4 Å². The number of aromatic amines is 2. The second-order valence-electron chi connectivity index (χ2n) is 18.6. The molecule has 3 saturated carbocycles. The fraction of sp³-hybridized carbons (Fsp3) is 0.458. The summed E-state index contributed by atoms with van der Waals surface area (Å²) in [7, 11) is 2.64. The molecule has 4 N–H and O–H groups in total. The molecule has 6 atom stereocenters. The van der Waals surface area contributed by atoms with E-state index in [4.69, 9.17) is 19.4 Å². The van der Waals surface area contributed by atoms with E-state index >= 15 is 0 Å². The lowest BCUT2D eigenvalue weighted by molar-refractivity contribution is -0.139. The normalized spacial score (nSPS) is 23.2. The minimum Gasteiger partial charge on any atom is -0.453 e. The van der Waals surface area contributed by atoms with Gasteiger partial charge in [0.1, 0.15) is 23.7 Å². The van der Waals surface area contributed by atoms with Crippen molar-refractivity contribution in [1.29, 1.82) is 0 Å². The fourth-order valence-corrected chi connectivity index (χ4v) is 10.5. The fourth-order valence-electron chi connectivity index (χ4n) is 10.5. The van der Waals surface area contributed by atoms with Gasteiger partial charge in [0.05, 0.1) is 50.1 Å². The highest BCUT2D eigenvalue weighted by Crippen LogP contribution is 2.58. The molecular formula is C48H54N8O6. The van der Waals surface area contributed by atoms with E-state index in [1.54, 1.807) is 0 Å². The van der Waals surface area contributed by atoms with Crippen LogP contribution in [0.5, 0.6) is 0 Å². The van der Waals surface area contributed by atoms with E-state index in [0.717, 1.165) is 107 Å². The second kappa shape index (κ2) is 15.6. The lowest BCUT2D eigenvalue weighted by atomic mass is 9.95. The molecule has 14 nitrogen and oxygen atoms in total. The Balaban J connectivity index is 0.832. The first-order chi connectivity index (χ1) is 30.0. The number of methoxy groups -OCH3 is 2. The number of likely N-dealkylation sites (tertiary alicyclic amines) is 2. The van der Waals surface area contributed by atoms with Crippen molar-refractivity contribution in [3.8, 4) is 33.6 Å². The molecule has 2 bridgehead atoms. The number of amides is 4. The number of carbonyl (C=O) groups excluding carboxylic acids is 4. The number of benzene rings is 3. The maximum Gasteiger partial charge on any atom is 0.407 e. The zero-order valence-electron chi connectivity index (χ0n) is 35.6. The number of nitrogens with zero attached hydrogens (tertiary/aromatic N) is 4. The molecule has 4 amide bonds. The van der Waals surface area contributed by atoms with E-state index in [1.165, 1.54) is 14.2 Å². The average Bonchev–Trinajstić information content (AvgIpc) is 3.84. The Hall–Kier alpha value is -6.18. The van der Waals surface area contributed by atoms with Crippen molar-refractivity contribution in [2.75, 3.05) is 20.8 Å². The van der Waals surface area contributed by atoms with Gasteiger partial charge in [0, 0.05) is 18.2 Å². The van der Waals surface area contributed by atoms with Crippen molar-refractivity contribution in [3.63, 3.8) is 0 Å². The number of carbonyl (C=O) groups is 4. The Morgan fingerprint density at radius 1 is 0.742 bits per heavy atom. The smallest absolute Gasteiger partial charge is 0.407 e.